The molecule has 0 radical (unpaired) electrons. The molecule has 0 fully saturated rings. The van der Waals surface area contributed by atoms with E-state index in [1.54, 1.807) is 0 Å². The van der Waals surface area contributed by atoms with Gasteiger partial charge in [-0.3, -0.25) is 4.79 Å². The summed E-state index contributed by atoms with van der Waals surface area (Å²) in [6.07, 6.45) is 1.02. The first-order chi connectivity index (χ1) is 5.95. The van der Waals surface area contributed by atoms with Crippen LogP contribution in [0.5, 0.6) is 0 Å². The van der Waals surface area contributed by atoms with Gasteiger partial charge in [0.05, 0.1) is 5.60 Å². The fraction of sp³-hybridized carbons (Fsp3) is 0.889. The van der Waals surface area contributed by atoms with E-state index in [0.29, 0.717) is 0 Å². The molecule has 13 heavy (non-hydrogen) atoms. The van der Waals surface area contributed by atoms with E-state index in [1.807, 2.05) is 20.8 Å². The van der Waals surface area contributed by atoms with E-state index in [0.717, 1.165) is 17.4 Å². The van der Waals surface area contributed by atoms with Crippen molar-refractivity contribution in [3.05, 3.63) is 0 Å². The molecule has 0 rings (SSSR count). The molecular weight excluding hydrogens is 281 g/mol. The molecule has 0 spiro atoms. The summed E-state index contributed by atoms with van der Waals surface area (Å²) in [5, 5.41) is 2.79. The summed E-state index contributed by atoms with van der Waals surface area (Å²) < 4.78 is 6.38. The lowest BCUT2D eigenvalue weighted by molar-refractivity contribution is -0.130. The van der Waals surface area contributed by atoms with Crippen LogP contribution in [0.4, 0.5) is 0 Å². The highest BCUT2D eigenvalue weighted by Gasteiger charge is 2.12. The molecule has 4 heteroatoms. The van der Waals surface area contributed by atoms with Crippen LogP contribution < -0.4 is 5.32 Å². The van der Waals surface area contributed by atoms with Gasteiger partial charge in [0.1, 0.15) is 6.61 Å². The second kappa shape index (κ2) is 6.59. The second-order valence-electron chi connectivity index (χ2n) is 3.79. The van der Waals surface area contributed by atoms with Crippen molar-refractivity contribution in [3.63, 3.8) is 0 Å². The van der Waals surface area contributed by atoms with Crippen LogP contribution in [-0.2, 0) is 9.53 Å². The summed E-state index contributed by atoms with van der Waals surface area (Å²) in [7, 11) is 0. The van der Waals surface area contributed by atoms with Gasteiger partial charge in [-0.2, -0.15) is 0 Å². The third kappa shape index (κ3) is 10.1. The van der Waals surface area contributed by atoms with Gasteiger partial charge in [-0.05, 0) is 27.2 Å². The van der Waals surface area contributed by atoms with E-state index in [-0.39, 0.29) is 18.1 Å². The van der Waals surface area contributed by atoms with Crippen molar-refractivity contribution in [2.45, 2.75) is 32.8 Å². The normalized spacial score (nSPS) is 11.4. The first kappa shape index (κ1) is 13.2. The van der Waals surface area contributed by atoms with E-state index in [2.05, 4.69) is 27.9 Å². The van der Waals surface area contributed by atoms with Gasteiger partial charge >= 0.3 is 0 Å². The minimum Gasteiger partial charge on any atom is -0.366 e. The highest BCUT2D eigenvalue weighted by molar-refractivity contribution is 14.1. The Morgan fingerprint density at radius 2 is 2.08 bits per heavy atom. The van der Waals surface area contributed by atoms with Gasteiger partial charge in [0, 0.05) is 11.0 Å². The fourth-order valence-electron chi connectivity index (χ4n) is 0.628. The summed E-state index contributed by atoms with van der Waals surface area (Å²) >= 11 is 2.29. The van der Waals surface area contributed by atoms with Crippen LogP contribution in [0.2, 0.25) is 0 Å². The van der Waals surface area contributed by atoms with Crippen molar-refractivity contribution < 1.29 is 9.53 Å². The quantitative estimate of drug-likeness (QED) is 0.477. The SMILES string of the molecule is CC(C)(C)OCC(=O)NCCCI. The Morgan fingerprint density at radius 1 is 1.46 bits per heavy atom. The third-order valence-electron chi connectivity index (χ3n) is 1.27. The zero-order valence-electron chi connectivity index (χ0n) is 8.52. The number of hydrogen-bond acceptors (Lipinski definition) is 2. The van der Waals surface area contributed by atoms with Gasteiger partial charge in [-0.1, -0.05) is 22.6 Å². The highest BCUT2D eigenvalue weighted by atomic mass is 127. The molecule has 0 aromatic rings. The lowest BCUT2D eigenvalue weighted by Crippen LogP contribution is -2.32. The van der Waals surface area contributed by atoms with Crippen molar-refractivity contribution in [2.24, 2.45) is 0 Å². The largest absolute Gasteiger partial charge is 0.366 e. The first-order valence-electron chi connectivity index (χ1n) is 4.42. The summed E-state index contributed by atoms with van der Waals surface area (Å²) in [6, 6.07) is 0. The number of alkyl halides is 1. The van der Waals surface area contributed by atoms with Crippen molar-refractivity contribution in [2.75, 3.05) is 17.6 Å². The lowest BCUT2D eigenvalue weighted by atomic mass is 10.2. The Hall–Kier alpha value is 0.160. The number of amides is 1. The van der Waals surface area contributed by atoms with E-state index in [4.69, 9.17) is 4.74 Å². The number of ether oxygens (including phenoxy) is 1. The summed E-state index contributed by atoms with van der Waals surface area (Å²) in [5.74, 6) is -0.0280. The first-order valence-corrected chi connectivity index (χ1v) is 5.95. The topological polar surface area (TPSA) is 38.3 Å². The maximum absolute atomic E-state index is 11.1. The number of halogens is 1. The Bertz CT molecular complexity index is 154. The Labute approximate surface area is 93.7 Å². The zero-order valence-corrected chi connectivity index (χ0v) is 10.7. The van der Waals surface area contributed by atoms with Crippen LogP contribution in [0.25, 0.3) is 0 Å². The maximum Gasteiger partial charge on any atom is 0.246 e. The summed E-state index contributed by atoms with van der Waals surface area (Å²) in [5.41, 5.74) is -0.236. The number of hydrogen-bond donors (Lipinski definition) is 1. The second-order valence-corrected chi connectivity index (χ2v) is 4.87. The van der Waals surface area contributed by atoms with Crippen LogP contribution >= 0.6 is 22.6 Å². The van der Waals surface area contributed by atoms with Gasteiger partial charge in [0.2, 0.25) is 5.91 Å². The molecule has 0 saturated heterocycles. The molecule has 0 aromatic carbocycles. The number of carbonyl (C=O) groups is 1. The van der Waals surface area contributed by atoms with Gasteiger partial charge in [0.25, 0.3) is 0 Å². The van der Waals surface area contributed by atoms with E-state index >= 15 is 0 Å². The summed E-state index contributed by atoms with van der Waals surface area (Å²) in [4.78, 5) is 11.1. The average Bonchev–Trinajstić information content (AvgIpc) is 2.00. The predicted molar refractivity (Wildman–Crippen MR) is 62.2 cm³/mol. The molecule has 0 aliphatic heterocycles. The minimum absolute atomic E-state index is 0.0280. The van der Waals surface area contributed by atoms with Gasteiger partial charge in [-0.15, -0.1) is 0 Å². The Morgan fingerprint density at radius 3 is 2.54 bits per heavy atom. The van der Waals surface area contributed by atoms with Crippen molar-refractivity contribution in [1.82, 2.24) is 5.32 Å². The molecule has 3 nitrogen and oxygen atoms in total. The molecule has 0 bridgehead atoms. The molecule has 0 aromatic heterocycles. The molecule has 0 aliphatic rings. The molecule has 1 amide bonds. The van der Waals surface area contributed by atoms with Gasteiger partial charge in [-0.25, -0.2) is 0 Å². The van der Waals surface area contributed by atoms with Crippen molar-refractivity contribution >= 4 is 28.5 Å². The van der Waals surface area contributed by atoms with Crippen molar-refractivity contribution in [3.8, 4) is 0 Å². The highest BCUT2D eigenvalue weighted by Crippen LogP contribution is 2.05. The van der Waals surface area contributed by atoms with Crippen LogP contribution in [0, 0.1) is 0 Å². The van der Waals surface area contributed by atoms with E-state index < -0.39 is 0 Å². The molecule has 0 saturated carbocycles. The van der Waals surface area contributed by atoms with E-state index in [9.17, 15) is 4.79 Å². The van der Waals surface area contributed by atoms with Crippen LogP contribution in [-0.4, -0.2) is 29.1 Å². The van der Waals surface area contributed by atoms with Crippen LogP contribution in [0.15, 0.2) is 0 Å². The number of nitrogens with one attached hydrogen (secondary N) is 1. The fourth-order valence-corrected chi connectivity index (χ4v) is 1.01. The van der Waals surface area contributed by atoms with Crippen LogP contribution in [0.1, 0.15) is 27.2 Å². The third-order valence-corrected chi connectivity index (χ3v) is 2.03. The molecule has 0 heterocycles. The van der Waals surface area contributed by atoms with E-state index in [1.165, 1.54) is 0 Å². The standard InChI is InChI=1S/C9H18INO2/c1-9(2,3)13-7-8(12)11-6-4-5-10/h4-7H2,1-3H3,(H,11,12). The Kier molecular flexibility index (Phi) is 6.67. The smallest absolute Gasteiger partial charge is 0.246 e. The maximum atomic E-state index is 11.1. The van der Waals surface area contributed by atoms with Crippen LogP contribution in [0.3, 0.4) is 0 Å². The zero-order chi connectivity index (χ0) is 10.3. The number of carbonyl (C=O) groups excluding carboxylic acids is 1. The van der Waals surface area contributed by atoms with Gasteiger partial charge in [0.15, 0.2) is 0 Å². The predicted octanol–water partition coefficient (Wildman–Crippen LogP) is 1.74. The molecule has 0 unspecified atom stereocenters. The minimum atomic E-state index is -0.236. The van der Waals surface area contributed by atoms with Crippen molar-refractivity contribution in [1.29, 1.82) is 0 Å². The average molecular weight is 299 g/mol. The molecule has 78 valence electrons. The number of rotatable bonds is 5. The summed E-state index contributed by atoms with van der Waals surface area (Å²) in [6.45, 7) is 6.71. The lowest BCUT2D eigenvalue weighted by Gasteiger charge is -2.18. The molecule has 0 aliphatic carbocycles. The van der Waals surface area contributed by atoms with Gasteiger partial charge < -0.3 is 10.1 Å². The molecule has 1 N–H and O–H groups in total. The monoisotopic (exact) mass is 299 g/mol. The molecule has 0 atom stereocenters. The Balaban J connectivity index is 3.41. The molecular formula is C9H18INO2.